The molecule has 0 unspecified atom stereocenters. The largest absolute Gasteiger partial charge is 0.372 e. The van der Waals surface area contributed by atoms with Crippen LogP contribution in [0.2, 0.25) is 16.6 Å². The Labute approximate surface area is 137 Å². The fraction of sp³-hybridized carbons (Fsp3) is 0.632. The van der Waals surface area contributed by atoms with Gasteiger partial charge in [0.05, 0.1) is 5.69 Å². The van der Waals surface area contributed by atoms with Gasteiger partial charge < -0.3 is 5.11 Å². The maximum absolute atomic E-state index is 11.0. The molecule has 22 heavy (non-hydrogen) atoms. The van der Waals surface area contributed by atoms with Gasteiger partial charge >= 0.3 is 0 Å². The zero-order valence-corrected chi connectivity index (χ0v) is 16.1. The first-order valence-electron chi connectivity index (χ1n) is 8.38. The molecule has 1 heterocycles. The minimum Gasteiger partial charge on any atom is -0.372 e. The van der Waals surface area contributed by atoms with E-state index in [1.807, 2.05) is 25.1 Å². The van der Waals surface area contributed by atoms with Crippen LogP contribution < -0.4 is 0 Å². The summed E-state index contributed by atoms with van der Waals surface area (Å²) >= 11 is 0. The van der Waals surface area contributed by atoms with Gasteiger partial charge in [-0.3, -0.25) is 4.98 Å². The molecule has 1 aromatic heterocycles. The highest BCUT2D eigenvalue weighted by molar-refractivity contribution is 6.90. The monoisotopic (exact) mass is 317 g/mol. The topological polar surface area (TPSA) is 33.1 Å². The molecule has 0 spiro atoms. The van der Waals surface area contributed by atoms with Crippen molar-refractivity contribution in [1.29, 1.82) is 0 Å². The van der Waals surface area contributed by atoms with E-state index < -0.39 is 13.7 Å². The summed E-state index contributed by atoms with van der Waals surface area (Å²) in [5.41, 5.74) is 4.82. The zero-order valence-electron chi connectivity index (χ0n) is 15.1. The van der Waals surface area contributed by atoms with Crippen LogP contribution in [0.3, 0.4) is 0 Å². The Bertz CT molecular complexity index is 506. The van der Waals surface area contributed by atoms with Crippen molar-refractivity contribution in [1.82, 2.24) is 4.98 Å². The molecule has 122 valence electrons. The normalized spacial score (nSPS) is 14.9. The lowest BCUT2D eigenvalue weighted by Gasteiger charge is -2.38. The molecule has 0 aliphatic rings. The molecule has 0 saturated heterocycles. The predicted octanol–water partition coefficient (Wildman–Crippen LogP) is 4.90. The Balaban J connectivity index is 3.37. The van der Waals surface area contributed by atoms with Gasteiger partial charge in [0.15, 0.2) is 5.60 Å². The van der Waals surface area contributed by atoms with Crippen LogP contribution in [-0.2, 0) is 5.60 Å². The summed E-state index contributed by atoms with van der Waals surface area (Å²) < 4.78 is 0. The first kappa shape index (κ1) is 18.9. The number of hydrogen-bond acceptors (Lipinski definition) is 2. The van der Waals surface area contributed by atoms with Gasteiger partial charge in [-0.05, 0) is 35.2 Å². The summed E-state index contributed by atoms with van der Waals surface area (Å²) in [6, 6.07) is 5.63. The molecule has 3 heteroatoms. The highest BCUT2D eigenvalue weighted by Crippen LogP contribution is 2.41. The van der Waals surface area contributed by atoms with Gasteiger partial charge in [-0.25, -0.2) is 0 Å². The summed E-state index contributed by atoms with van der Waals surface area (Å²) in [6.07, 6.45) is 2.27. The molecule has 1 N–H and O–H groups in total. The fourth-order valence-electron chi connectivity index (χ4n) is 3.59. The molecular formula is C19H31NOSi. The van der Waals surface area contributed by atoms with Gasteiger partial charge in [-0.15, -0.1) is 5.54 Å². The second kappa shape index (κ2) is 7.44. The number of rotatable bonds is 5. The molecule has 0 amide bonds. The van der Waals surface area contributed by atoms with E-state index in [1.54, 1.807) is 6.20 Å². The predicted molar refractivity (Wildman–Crippen MR) is 97.2 cm³/mol. The minimum absolute atomic E-state index is 0.551. The minimum atomic E-state index is -1.84. The lowest BCUT2D eigenvalue weighted by molar-refractivity contribution is 0.0913. The SMILES string of the molecule is CC[C@](O)(C#C[Si](C(C)C)(C(C)C)C(C)C)c1ccccn1. The van der Waals surface area contributed by atoms with Crippen LogP contribution in [0.4, 0.5) is 0 Å². The molecule has 0 fully saturated rings. The van der Waals surface area contributed by atoms with E-state index in [0.29, 0.717) is 28.7 Å². The molecule has 0 aromatic carbocycles. The maximum atomic E-state index is 11.0. The van der Waals surface area contributed by atoms with Gasteiger partial charge in [0, 0.05) is 6.20 Å². The quantitative estimate of drug-likeness (QED) is 0.619. The second-order valence-corrected chi connectivity index (χ2v) is 12.7. The van der Waals surface area contributed by atoms with E-state index in [-0.39, 0.29) is 0 Å². The Morgan fingerprint density at radius 3 is 2.00 bits per heavy atom. The van der Waals surface area contributed by atoms with E-state index in [0.717, 1.165) is 0 Å². The Hall–Kier alpha value is -1.11. The van der Waals surface area contributed by atoms with Crippen LogP contribution in [-0.4, -0.2) is 18.2 Å². The van der Waals surface area contributed by atoms with E-state index in [9.17, 15) is 5.11 Å². The summed E-state index contributed by atoms with van der Waals surface area (Å²) in [6.45, 7) is 15.7. The van der Waals surface area contributed by atoms with Gasteiger partial charge in [0.1, 0.15) is 8.07 Å². The molecule has 0 radical (unpaired) electrons. The smallest absolute Gasteiger partial charge is 0.166 e. The lowest BCUT2D eigenvalue weighted by atomic mass is 9.97. The summed E-state index contributed by atoms with van der Waals surface area (Å²) in [5, 5.41) is 11.0. The van der Waals surface area contributed by atoms with Gasteiger partial charge in [0.25, 0.3) is 0 Å². The van der Waals surface area contributed by atoms with E-state index in [4.69, 9.17) is 0 Å². The highest BCUT2D eigenvalue weighted by atomic mass is 28.3. The Morgan fingerprint density at radius 2 is 1.64 bits per heavy atom. The summed E-state index contributed by atoms with van der Waals surface area (Å²) in [5.74, 6) is 3.25. The van der Waals surface area contributed by atoms with Crippen molar-refractivity contribution in [2.75, 3.05) is 0 Å². The molecule has 0 bridgehead atoms. The van der Waals surface area contributed by atoms with E-state index >= 15 is 0 Å². The van der Waals surface area contributed by atoms with Gasteiger partial charge in [0.2, 0.25) is 0 Å². The standard InChI is InChI=1S/C19H31NOSi/c1-8-19(21,18-11-9-10-13-20-18)12-14-22(15(2)3,16(4)5)17(6)7/h9-11,13,15-17,21H,8H2,1-7H3/t19-/m0/s1. The maximum Gasteiger partial charge on any atom is 0.166 e. The third-order valence-electron chi connectivity index (χ3n) is 4.95. The highest BCUT2D eigenvalue weighted by Gasteiger charge is 2.42. The zero-order chi connectivity index (χ0) is 17.0. The molecule has 1 atom stereocenters. The van der Waals surface area contributed by atoms with E-state index in [2.05, 4.69) is 58.0 Å². The number of pyridine rings is 1. The molecule has 0 saturated carbocycles. The summed E-state index contributed by atoms with van der Waals surface area (Å²) in [7, 11) is -1.84. The first-order valence-corrected chi connectivity index (χ1v) is 10.6. The number of aliphatic hydroxyl groups is 1. The lowest BCUT2D eigenvalue weighted by Crippen LogP contribution is -2.44. The van der Waals surface area contributed by atoms with Crippen molar-refractivity contribution >= 4 is 8.07 Å². The summed E-state index contributed by atoms with van der Waals surface area (Å²) in [4.78, 5) is 4.32. The first-order chi connectivity index (χ1) is 10.2. The van der Waals surface area contributed by atoms with Crippen LogP contribution in [0.5, 0.6) is 0 Å². The van der Waals surface area contributed by atoms with Crippen LogP contribution in [0, 0.1) is 11.5 Å². The second-order valence-electron chi connectivity index (χ2n) is 7.08. The fourth-order valence-corrected chi connectivity index (χ4v) is 8.87. The van der Waals surface area contributed by atoms with Crippen molar-refractivity contribution in [2.24, 2.45) is 0 Å². The molecule has 2 nitrogen and oxygen atoms in total. The number of aromatic nitrogens is 1. The van der Waals surface area contributed by atoms with Crippen LogP contribution in [0.15, 0.2) is 24.4 Å². The Morgan fingerprint density at radius 1 is 1.09 bits per heavy atom. The van der Waals surface area contributed by atoms with Crippen molar-refractivity contribution in [3.05, 3.63) is 30.1 Å². The van der Waals surface area contributed by atoms with Gasteiger partial charge in [-0.1, -0.05) is 60.5 Å². The molecule has 1 aromatic rings. The molecule has 1 rings (SSSR count). The van der Waals surface area contributed by atoms with Crippen LogP contribution in [0.1, 0.15) is 60.6 Å². The molecular weight excluding hydrogens is 286 g/mol. The Kier molecular flexibility index (Phi) is 6.40. The molecule has 0 aliphatic carbocycles. The van der Waals surface area contributed by atoms with Crippen LogP contribution in [0.25, 0.3) is 0 Å². The van der Waals surface area contributed by atoms with E-state index in [1.165, 1.54) is 0 Å². The van der Waals surface area contributed by atoms with Crippen molar-refractivity contribution in [3.8, 4) is 11.5 Å². The van der Waals surface area contributed by atoms with Crippen molar-refractivity contribution < 1.29 is 5.11 Å². The van der Waals surface area contributed by atoms with Crippen molar-refractivity contribution in [2.45, 2.75) is 77.1 Å². The average Bonchev–Trinajstić information content (AvgIpc) is 2.47. The van der Waals surface area contributed by atoms with Gasteiger partial charge in [-0.2, -0.15) is 0 Å². The van der Waals surface area contributed by atoms with Crippen molar-refractivity contribution in [3.63, 3.8) is 0 Å². The third kappa shape index (κ3) is 3.61. The third-order valence-corrected chi connectivity index (χ3v) is 11.2. The number of nitrogens with zero attached hydrogens (tertiary/aromatic N) is 1. The molecule has 0 aliphatic heterocycles. The number of hydrogen-bond donors (Lipinski definition) is 1. The van der Waals surface area contributed by atoms with Crippen LogP contribution >= 0.6 is 0 Å². The average molecular weight is 318 g/mol.